The molecule has 0 amide bonds. The summed E-state index contributed by atoms with van der Waals surface area (Å²) in [6.07, 6.45) is 3.21. The average molecular weight is 391 g/mol. The van der Waals surface area contributed by atoms with Gasteiger partial charge in [-0.05, 0) is 17.7 Å². The predicted octanol–water partition coefficient (Wildman–Crippen LogP) is 2.09. The van der Waals surface area contributed by atoms with Crippen LogP contribution in [0.15, 0.2) is 41.3 Å². The van der Waals surface area contributed by atoms with Gasteiger partial charge in [0.15, 0.2) is 14.2 Å². The Morgan fingerprint density at radius 2 is 1.67 bits per heavy atom. The molecule has 1 aliphatic rings. The fourth-order valence-corrected chi connectivity index (χ4v) is 5.80. The largest absolute Gasteiger partial charge is 0.397 e. The SMILES string of the molecule is COS(=O)(=O)O.CS1=C(S(C)(=O)=O)Nc2c1ccc1ccccc21. The molecule has 0 aromatic heterocycles. The lowest BCUT2D eigenvalue weighted by Crippen LogP contribution is -2.18. The third kappa shape index (κ3) is 4.14. The highest BCUT2D eigenvalue weighted by molar-refractivity contribution is 8.30. The van der Waals surface area contributed by atoms with E-state index in [1.54, 1.807) is 0 Å². The Bertz CT molecular complexity index is 1030. The minimum atomic E-state index is -4.16. The number of hydrogen-bond acceptors (Lipinski definition) is 6. The van der Waals surface area contributed by atoms with E-state index in [0.717, 1.165) is 28.5 Å². The zero-order valence-electron chi connectivity index (χ0n) is 13.2. The van der Waals surface area contributed by atoms with Gasteiger partial charge in [0.1, 0.15) is 0 Å². The summed E-state index contributed by atoms with van der Waals surface area (Å²) in [5.41, 5.74) is 0.944. The van der Waals surface area contributed by atoms with Crippen molar-refractivity contribution in [3.05, 3.63) is 36.4 Å². The van der Waals surface area contributed by atoms with E-state index in [9.17, 15) is 16.8 Å². The van der Waals surface area contributed by atoms with Gasteiger partial charge in [-0.3, -0.25) is 8.74 Å². The summed E-state index contributed by atoms with van der Waals surface area (Å²) in [4.78, 5) is 1.08. The molecular weight excluding hydrogens is 374 g/mol. The minimum Gasteiger partial charge on any atom is -0.340 e. The Kier molecular flexibility index (Phi) is 5.35. The minimum absolute atomic E-state index is 0.393. The van der Waals surface area contributed by atoms with Crippen LogP contribution in [0, 0.1) is 0 Å². The van der Waals surface area contributed by atoms with Crippen LogP contribution in [-0.4, -0.2) is 45.3 Å². The van der Waals surface area contributed by atoms with Crippen LogP contribution in [0.25, 0.3) is 10.8 Å². The molecule has 1 aliphatic heterocycles. The fourth-order valence-electron chi connectivity index (χ4n) is 2.23. The van der Waals surface area contributed by atoms with E-state index >= 15 is 0 Å². The number of anilines is 1. The Morgan fingerprint density at radius 3 is 2.21 bits per heavy atom. The number of hydrogen-bond donors (Lipinski definition) is 2. The molecule has 0 spiro atoms. The van der Waals surface area contributed by atoms with Gasteiger partial charge in [-0.15, -0.1) is 10.5 Å². The molecule has 0 aliphatic carbocycles. The molecule has 2 N–H and O–H groups in total. The van der Waals surface area contributed by atoms with Gasteiger partial charge in [0.25, 0.3) is 0 Å². The number of benzene rings is 2. The van der Waals surface area contributed by atoms with E-state index in [1.165, 1.54) is 6.26 Å². The van der Waals surface area contributed by atoms with E-state index in [2.05, 4.69) is 9.50 Å². The van der Waals surface area contributed by atoms with Gasteiger partial charge in [0.2, 0.25) is 0 Å². The second-order valence-corrected chi connectivity index (χ2v) is 10.2. The van der Waals surface area contributed by atoms with Crippen LogP contribution in [0.3, 0.4) is 0 Å². The van der Waals surface area contributed by atoms with E-state index in [-0.39, 0.29) is 0 Å². The zero-order chi connectivity index (χ0) is 18.1. The molecule has 0 fully saturated rings. The Labute approximate surface area is 143 Å². The van der Waals surface area contributed by atoms with Crippen LogP contribution in [0.4, 0.5) is 5.69 Å². The van der Waals surface area contributed by atoms with E-state index < -0.39 is 30.7 Å². The quantitative estimate of drug-likeness (QED) is 0.566. The monoisotopic (exact) mass is 391 g/mol. The average Bonchev–Trinajstić information content (AvgIpc) is 2.85. The summed E-state index contributed by atoms with van der Waals surface area (Å²) >= 11 is 0. The van der Waals surface area contributed by atoms with Gasteiger partial charge < -0.3 is 5.32 Å². The van der Waals surface area contributed by atoms with Gasteiger partial charge >= 0.3 is 10.4 Å². The van der Waals surface area contributed by atoms with Crippen LogP contribution in [-0.2, 0) is 24.4 Å². The van der Waals surface area contributed by atoms with E-state index in [4.69, 9.17) is 4.55 Å². The molecule has 7 nitrogen and oxygen atoms in total. The molecular formula is C14H17NO6S3. The van der Waals surface area contributed by atoms with Crippen LogP contribution in [0.1, 0.15) is 0 Å². The van der Waals surface area contributed by atoms with Crippen molar-refractivity contribution in [1.82, 2.24) is 0 Å². The standard InChI is InChI=1S/C13H13NO2S2.CH4O4S/c1-17-11-8-7-9-5-3-4-6-10(9)12(11)14-13(17)18(2,15)16;1-5-6(2,3)4/h3-8,14H,1-2H3;1H3,(H,2,3,4). The fraction of sp³-hybridized carbons (Fsp3) is 0.214. The first-order valence-corrected chi connectivity index (χ1v) is 11.5. The lowest BCUT2D eigenvalue weighted by Gasteiger charge is -2.06. The van der Waals surface area contributed by atoms with E-state index in [0.29, 0.717) is 4.32 Å². The first kappa shape index (κ1) is 18.9. The topological polar surface area (TPSA) is 110 Å². The Hall–Kier alpha value is -1.46. The normalized spacial score (nSPS) is 17.0. The van der Waals surface area contributed by atoms with Crippen molar-refractivity contribution in [2.45, 2.75) is 4.90 Å². The first-order chi connectivity index (χ1) is 11.0. The molecule has 132 valence electrons. The molecule has 0 saturated carbocycles. The van der Waals surface area contributed by atoms with Gasteiger partial charge in [-0.1, -0.05) is 30.3 Å². The maximum atomic E-state index is 11.8. The second-order valence-electron chi connectivity index (χ2n) is 4.95. The maximum Gasteiger partial charge on any atom is 0.397 e. The van der Waals surface area contributed by atoms with Crippen molar-refractivity contribution in [1.29, 1.82) is 0 Å². The number of rotatable bonds is 1. The van der Waals surface area contributed by atoms with Gasteiger partial charge in [-0.25, -0.2) is 8.42 Å². The molecule has 1 atom stereocenters. The molecule has 1 heterocycles. The third-order valence-corrected chi connectivity index (χ3v) is 7.79. The molecule has 1 unspecified atom stereocenters. The van der Waals surface area contributed by atoms with Gasteiger partial charge in [0.05, 0.1) is 12.8 Å². The molecule has 10 heteroatoms. The number of sulfone groups is 1. The molecule has 2 aromatic carbocycles. The summed E-state index contributed by atoms with van der Waals surface area (Å²) in [6.45, 7) is 0. The summed E-state index contributed by atoms with van der Waals surface area (Å²) in [7, 11) is -6.86. The highest BCUT2D eigenvalue weighted by Gasteiger charge is 2.25. The molecule has 24 heavy (non-hydrogen) atoms. The first-order valence-electron chi connectivity index (χ1n) is 6.59. The lowest BCUT2D eigenvalue weighted by molar-refractivity contribution is 0.324. The number of fused-ring (bicyclic) bond motifs is 3. The van der Waals surface area contributed by atoms with E-state index in [1.807, 2.05) is 42.7 Å². The van der Waals surface area contributed by atoms with Crippen molar-refractivity contribution in [2.24, 2.45) is 0 Å². The van der Waals surface area contributed by atoms with Crippen molar-refractivity contribution >= 4 is 51.5 Å². The predicted molar refractivity (Wildman–Crippen MR) is 97.8 cm³/mol. The Morgan fingerprint density at radius 1 is 1.08 bits per heavy atom. The van der Waals surface area contributed by atoms with Crippen molar-refractivity contribution in [3.63, 3.8) is 0 Å². The molecule has 0 radical (unpaired) electrons. The van der Waals surface area contributed by atoms with Crippen LogP contribution >= 0.6 is 10.5 Å². The summed E-state index contributed by atoms with van der Waals surface area (Å²) in [5, 5.41) is 5.31. The number of nitrogens with one attached hydrogen (secondary N) is 1. The van der Waals surface area contributed by atoms with Crippen molar-refractivity contribution in [3.8, 4) is 0 Å². The van der Waals surface area contributed by atoms with Crippen LogP contribution in [0.5, 0.6) is 0 Å². The van der Waals surface area contributed by atoms with Crippen molar-refractivity contribution < 1.29 is 25.6 Å². The van der Waals surface area contributed by atoms with Gasteiger partial charge in [-0.2, -0.15) is 8.42 Å². The molecule has 0 saturated heterocycles. The molecule has 2 aromatic rings. The lowest BCUT2D eigenvalue weighted by atomic mass is 10.1. The second kappa shape index (κ2) is 6.81. The van der Waals surface area contributed by atoms with Crippen LogP contribution < -0.4 is 5.32 Å². The van der Waals surface area contributed by atoms with Crippen LogP contribution in [0.2, 0.25) is 0 Å². The highest BCUT2D eigenvalue weighted by atomic mass is 32.3. The third-order valence-electron chi connectivity index (χ3n) is 3.27. The Balaban J connectivity index is 0.000000301. The van der Waals surface area contributed by atoms with Gasteiger partial charge in [0, 0.05) is 16.5 Å². The maximum absolute atomic E-state index is 11.8. The summed E-state index contributed by atoms with van der Waals surface area (Å²) < 4.78 is 53.6. The summed E-state index contributed by atoms with van der Waals surface area (Å²) in [5.74, 6) is 0. The highest BCUT2D eigenvalue weighted by Crippen LogP contribution is 2.43. The smallest absolute Gasteiger partial charge is 0.340 e. The molecule has 0 bridgehead atoms. The molecule has 3 rings (SSSR count). The zero-order valence-corrected chi connectivity index (χ0v) is 15.6. The van der Waals surface area contributed by atoms with Crippen molar-refractivity contribution in [2.75, 3.05) is 24.9 Å². The summed E-state index contributed by atoms with van der Waals surface area (Å²) in [6, 6.07) is 12.1.